The van der Waals surface area contributed by atoms with Gasteiger partial charge in [-0.1, -0.05) is 45.1 Å². The third kappa shape index (κ3) is 4.34. The van der Waals surface area contributed by atoms with Crippen molar-refractivity contribution in [2.45, 2.75) is 26.9 Å². The summed E-state index contributed by atoms with van der Waals surface area (Å²) >= 11 is 0. The zero-order valence-corrected chi connectivity index (χ0v) is 11.3. The van der Waals surface area contributed by atoms with E-state index in [4.69, 9.17) is 0 Å². The lowest BCUT2D eigenvalue weighted by Gasteiger charge is -2.13. The fourth-order valence-electron chi connectivity index (χ4n) is 1.43. The van der Waals surface area contributed by atoms with E-state index in [1.807, 2.05) is 6.08 Å². The molecule has 1 aromatic carbocycles. The summed E-state index contributed by atoms with van der Waals surface area (Å²) < 4.78 is 4.61. The zero-order valence-electron chi connectivity index (χ0n) is 11.3. The molecule has 18 heavy (non-hydrogen) atoms. The summed E-state index contributed by atoms with van der Waals surface area (Å²) in [5.74, 6) is -0.374. The molecule has 0 bridgehead atoms. The van der Waals surface area contributed by atoms with Gasteiger partial charge >= 0.3 is 5.97 Å². The smallest absolute Gasteiger partial charge is 0.337 e. The number of allylic oxidation sites excluding steroid dienone is 1. The fraction of sp³-hybridized carbons (Fsp3) is 0.400. The molecule has 0 saturated heterocycles. The average Bonchev–Trinajstić information content (AvgIpc) is 2.34. The molecule has 3 heteroatoms. The van der Waals surface area contributed by atoms with Gasteiger partial charge in [0, 0.05) is 0 Å². The Hall–Kier alpha value is -1.61. The Bertz CT molecular complexity index is 424. The zero-order chi connectivity index (χ0) is 13.8. The van der Waals surface area contributed by atoms with Crippen LogP contribution in [0.1, 0.15) is 42.8 Å². The predicted molar refractivity (Wildman–Crippen MR) is 71.3 cm³/mol. The van der Waals surface area contributed by atoms with Crippen molar-refractivity contribution >= 4 is 5.97 Å². The second-order valence-corrected chi connectivity index (χ2v) is 5.28. The van der Waals surface area contributed by atoms with Gasteiger partial charge in [-0.25, -0.2) is 4.79 Å². The molecule has 1 rings (SSSR count). The summed E-state index contributed by atoms with van der Waals surface area (Å²) in [5.41, 5.74) is 1.27. The summed E-state index contributed by atoms with van der Waals surface area (Å²) in [6, 6.07) is 6.75. The first kappa shape index (κ1) is 14.5. The summed E-state index contributed by atoms with van der Waals surface area (Å²) in [6.45, 7) is 6.20. The van der Waals surface area contributed by atoms with Crippen LogP contribution in [-0.4, -0.2) is 18.2 Å². The second kappa shape index (κ2) is 5.83. The maximum Gasteiger partial charge on any atom is 0.337 e. The number of benzene rings is 1. The SMILES string of the molecule is COC(=O)c1ccc([C@H](O)/C=C/C(C)(C)C)cc1. The third-order valence-corrected chi connectivity index (χ3v) is 2.45. The molecule has 0 spiro atoms. The number of carbonyl (C=O) groups excluding carboxylic acids is 1. The molecule has 1 aromatic rings. The largest absolute Gasteiger partial charge is 0.465 e. The molecule has 3 nitrogen and oxygen atoms in total. The molecule has 1 atom stereocenters. The molecule has 0 heterocycles. The molecule has 0 saturated carbocycles. The van der Waals surface area contributed by atoms with E-state index < -0.39 is 6.10 Å². The molecule has 98 valence electrons. The van der Waals surface area contributed by atoms with Gasteiger partial charge in [-0.3, -0.25) is 0 Å². The van der Waals surface area contributed by atoms with E-state index in [9.17, 15) is 9.90 Å². The van der Waals surface area contributed by atoms with Crippen molar-refractivity contribution in [2.24, 2.45) is 5.41 Å². The van der Waals surface area contributed by atoms with E-state index in [-0.39, 0.29) is 11.4 Å². The monoisotopic (exact) mass is 248 g/mol. The molecule has 0 unspecified atom stereocenters. The van der Waals surface area contributed by atoms with Gasteiger partial charge in [-0.2, -0.15) is 0 Å². The lowest BCUT2D eigenvalue weighted by Crippen LogP contribution is -2.03. The van der Waals surface area contributed by atoms with E-state index in [0.29, 0.717) is 5.56 Å². The van der Waals surface area contributed by atoms with Crippen LogP contribution in [0.2, 0.25) is 0 Å². The normalized spacial score (nSPS) is 13.6. The Morgan fingerprint density at radius 2 is 1.83 bits per heavy atom. The van der Waals surface area contributed by atoms with Gasteiger partial charge in [0.15, 0.2) is 0 Å². The molecule has 0 aliphatic rings. The Balaban J connectivity index is 2.79. The highest BCUT2D eigenvalue weighted by Gasteiger charge is 2.09. The Morgan fingerprint density at radius 1 is 1.28 bits per heavy atom. The van der Waals surface area contributed by atoms with Crippen molar-refractivity contribution < 1.29 is 14.6 Å². The second-order valence-electron chi connectivity index (χ2n) is 5.28. The van der Waals surface area contributed by atoms with Gasteiger partial charge in [0.2, 0.25) is 0 Å². The standard InChI is InChI=1S/C15H20O3/c1-15(2,3)10-9-13(16)11-5-7-12(8-6-11)14(17)18-4/h5-10,13,16H,1-4H3/b10-9+/t13-/m1/s1. The van der Waals surface area contributed by atoms with Crippen molar-refractivity contribution in [1.82, 2.24) is 0 Å². The number of carbonyl (C=O) groups is 1. The lowest BCUT2D eigenvalue weighted by atomic mass is 9.94. The van der Waals surface area contributed by atoms with Crippen molar-refractivity contribution in [3.63, 3.8) is 0 Å². The molecular weight excluding hydrogens is 228 g/mol. The molecular formula is C15H20O3. The van der Waals surface area contributed by atoms with Crippen molar-refractivity contribution in [3.8, 4) is 0 Å². The predicted octanol–water partition coefficient (Wildman–Crippen LogP) is 3.11. The van der Waals surface area contributed by atoms with Crippen molar-refractivity contribution in [2.75, 3.05) is 7.11 Å². The fourth-order valence-corrected chi connectivity index (χ4v) is 1.43. The number of rotatable bonds is 3. The first-order valence-electron chi connectivity index (χ1n) is 5.89. The van der Waals surface area contributed by atoms with Gasteiger partial charge in [0.1, 0.15) is 0 Å². The summed E-state index contributed by atoms with van der Waals surface area (Å²) in [4.78, 5) is 11.3. The number of esters is 1. The van der Waals surface area contributed by atoms with Gasteiger partial charge in [-0.15, -0.1) is 0 Å². The van der Waals surface area contributed by atoms with Crippen LogP contribution in [0.25, 0.3) is 0 Å². The maximum absolute atomic E-state index is 11.3. The lowest BCUT2D eigenvalue weighted by molar-refractivity contribution is 0.0600. The minimum Gasteiger partial charge on any atom is -0.465 e. The first-order chi connectivity index (χ1) is 8.33. The van der Waals surface area contributed by atoms with Gasteiger partial charge in [-0.05, 0) is 23.1 Å². The van der Waals surface area contributed by atoms with Crippen LogP contribution in [-0.2, 0) is 4.74 Å². The highest BCUT2D eigenvalue weighted by atomic mass is 16.5. The van der Waals surface area contributed by atoms with Crippen LogP contribution < -0.4 is 0 Å². The first-order valence-corrected chi connectivity index (χ1v) is 5.89. The topological polar surface area (TPSA) is 46.5 Å². The molecule has 0 amide bonds. The average molecular weight is 248 g/mol. The van der Waals surface area contributed by atoms with Crippen LogP contribution in [0, 0.1) is 5.41 Å². The number of ether oxygens (including phenoxy) is 1. The molecule has 0 aliphatic carbocycles. The van der Waals surface area contributed by atoms with Gasteiger partial charge < -0.3 is 9.84 Å². The Morgan fingerprint density at radius 3 is 2.28 bits per heavy atom. The highest BCUT2D eigenvalue weighted by molar-refractivity contribution is 5.89. The quantitative estimate of drug-likeness (QED) is 0.660. The number of hydrogen-bond donors (Lipinski definition) is 1. The minimum atomic E-state index is -0.657. The van der Waals surface area contributed by atoms with E-state index in [0.717, 1.165) is 5.56 Å². The van der Waals surface area contributed by atoms with E-state index in [2.05, 4.69) is 25.5 Å². The third-order valence-electron chi connectivity index (χ3n) is 2.45. The van der Waals surface area contributed by atoms with Crippen molar-refractivity contribution in [3.05, 3.63) is 47.5 Å². The van der Waals surface area contributed by atoms with E-state index >= 15 is 0 Å². The number of methoxy groups -OCH3 is 1. The van der Waals surface area contributed by atoms with Gasteiger partial charge in [0.25, 0.3) is 0 Å². The number of hydrogen-bond acceptors (Lipinski definition) is 3. The molecule has 0 radical (unpaired) electrons. The van der Waals surface area contributed by atoms with Gasteiger partial charge in [0.05, 0.1) is 18.8 Å². The Labute approximate surface area is 108 Å². The molecule has 0 fully saturated rings. The van der Waals surface area contributed by atoms with Crippen molar-refractivity contribution in [1.29, 1.82) is 0 Å². The molecule has 0 aliphatic heterocycles. The van der Waals surface area contributed by atoms with Crippen LogP contribution in [0.4, 0.5) is 0 Å². The van der Waals surface area contributed by atoms with E-state index in [1.54, 1.807) is 30.3 Å². The van der Waals surface area contributed by atoms with E-state index in [1.165, 1.54) is 7.11 Å². The van der Waals surface area contributed by atoms with Crippen LogP contribution in [0.3, 0.4) is 0 Å². The number of aliphatic hydroxyl groups excluding tert-OH is 1. The Kier molecular flexibility index (Phi) is 4.68. The van der Waals surface area contributed by atoms with Crippen LogP contribution in [0.5, 0.6) is 0 Å². The van der Waals surface area contributed by atoms with Crippen LogP contribution >= 0.6 is 0 Å². The minimum absolute atomic E-state index is 0.0347. The molecule has 0 aromatic heterocycles. The number of aliphatic hydroxyl groups is 1. The summed E-state index contributed by atoms with van der Waals surface area (Å²) in [5, 5.41) is 9.97. The highest BCUT2D eigenvalue weighted by Crippen LogP contribution is 2.20. The molecule has 1 N–H and O–H groups in total. The summed E-state index contributed by atoms with van der Waals surface area (Å²) in [7, 11) is 1.34. The van der Waals surface area contributed by atoms with Crippen LogP contribution in [0.15, 0.2) is 36.4 Å². The summed E-state index contributed by atoms with van der Waals surface area (Å²) in [6.07, 6.45) is 3.06. The maximum atomic E-state index is 11.3.